The number of carboxylic acid groups (broad SMARTS) is 1. The quantitative estimate of drug-likeness (QED) is 0.752. The van der Waals surface area contributed by atoms with Crippen molar-refractivity contribution in [3.05, 3.63) is 23.7 Å². The van der Waals surface area contributed by atoms with E-state index >= 15 is 0 Å². The van der Waals surface area contributed by atoms with Gasteiger partial charge in [-0.2, -0.15) is 0 Å². The molecule has 0 unspecified atom stereocenters. The molecule has 0 aromatic carbocycles. The minimum Gasteiger partial charge on any atom is -0.481 e. The average Bonchev–Trinajstić information content (AvgIpc) is 2.50. The van der Waals surface area contributed by atoms with Crippen LogP contribution >= 0.6 is 0 Å². The summed E-state index contributed by atoms with van der Waals surface area (Å²) in [4.78, 5) is 10.2. The summed E-state index contributed by atoms with van der Waals surface area (Å²) in [5, 5.41) is 8.42. The molecule has 1 aromatic rings. The topological polar surface area (TPSA) is 59.7 Å². The number of carboxylic acids is 1. The molecule has 0 aliphatic rings. The van der Waals surface area contributed by atoms with E-state index in [0.717, 1.165) is 5.76 Å². The summed E-state index contributed by atoms with van der Waals surface area (Å²) in [7, 11) is 1.58. The smallest absolute Gasteiger partial charge is 0.303 e. The standard InChI is InChI=1S/C9H12O4/c1-12-6-8-3-2-7(13-8)4-5-9(10)11/h2-3H,4-6H2,1H3,(H,10,11). The fourth-order valence-electron chi connectivity index (χ4n) is 1.01. The first-order chi connectivity index (χ1) is 6.22. The summed E-state index contributed by atoms with van der Waals surface area (Å²) < 4.78 is 10.1. The highest BCUT2D eigenvalue weighted by molar-refractivity contribution is 5.66. The number of hydrogen-bond acceptors (Lipinski definition) is 3. The van der Waals surface area contributed by atoms with Gasteiger partial charge in [0.2, 0.25) is 0 Å². The van der Waals surface area contributed by atoms with Crippen molar-refractivity contribution in [1.82, 2.24) is 0 Å². The molecule has 0 bridgehead atoms. The summed E-state index contributed by atoms with van der Waals surface area (Å²) in [5.74, 6) is 0.599. The van der Waals surface area contributed by atoms with Crippen LogP contribution in [-0.2, 0) is 22.6 Å². The maximum Gasteiger partial charge on any atom is 0.303 e. The first-order valence-corrected chi connectivity index (χ1v) is 4.00. The molecule has 0 amide bonds. The van der Waals surface area contributed by atoms with Gasteiger partial charge in [-0.05, 0) is 12.1 Å². The van der Waals surface area contributed by atoms with Crippen LogP contribution in [0.15, 0.2) is 16.5 Å². The molecular formula is C9H12O4. The summed E-state index contributed by atoms with van der Waals surface area (Å²) in [6, 6.07) is 3.57. The van der Waals surface area contributed by atoms with Crippen molar-refractivity contribution in [3.63, 3.8) is 0 Å². The first-order valence-electron chi connectivity index (χ1n) is 4.00. The zero-order valence-electron chi connectivity index (χ0n) is 7.45. The first kappa shape index (κ1) is 9.80. The van der Waals surface area contributed by atoms with Crippen molar-refractivity contribution in [2.24, 2.45) is 0 Å². The van der Waals surface area contributed by atoms with Gasteiger partial charge in [-0.15, -0.1) is 0 Å². The number of methoxy groups -OCH3 is 1. The van der Waals surface area contributed by atoms with Gasteiger partial charge in [0.05, 0.1) is 6.42 Å². The van der Waals surface area contributed by atoms with Crippen molar-refractivity contribution in [2.45, 2.75) is 19.4 Å². The molecule has 0 saturated carbocycles. The number of hydrogen-bond donors (Lipinski definition) is 1. The molecule has 1 heterocycles. The Morgan fingerprint density at radius 3 is 2.85 bits per heavy atom. The number of aliphatic carboxylic acids is 1. The summed E-state index contributed by atoms with van der Waals surface area (Å²) in [5.41, 5.74) is 0. The molecule has 0 atom stereocenters. The van der Waals surface area contributed by atoms with E-state index in [9.17, 15) is 4.79 Å². The lowest BCUT2D eigenvalue weighted by atomic mass is 10.2. The van der Waals surface area contributed by atoms with Crippen LogP contribution in [0.25, 0.3) is 0 Å². The molecule has 0 aliphatic carbocycles. The summed E-state index contributed by atoms with van der Waals surface area (Å²) >= 11 is 0. The zero-order chi connectivity index (χ0) is 9.68. The third kappa shape index (κ3) is 3.29. The van der Waals surface area contributed by atoms with E-state index in [1.165, 1.54) is 0 Å². The van der Waals surface area contributed by atoms with E-state index in [1.54, 1.807) is 19.2 Å². The highest BCUT2D eigenvalue weighted by Gasteiger charge is 2.03. The molecule has 72 valence electrons. The average molecular weight is 184 g/mol. The molecule has 1 N–H and O–H groups in total. The molecule has 0 spiro atoms. The van der Waals surface area contributed by atoms with Crippen LogP contribution in [0.2, 0.25) is 0 Å². The molecule has 0 saturated heterocycles. The summed E-state index contributed by atoms with van der Waals surface area (Å²) in [6.45, 7) is 0.424. The SMILES string of the molecule is COCc1ccc(CCC(=O)O)o1. The lowest BCUT2D eigenvalue weighted by Crippen LogP contribution is -1.96. The molecule has 0 aliphatic heterocycles. The second-order valence-electron chi connectivity index (χ2n) is 2.69. The van der Waals surface area contributed by atoms with Crippen LogP contribution < -0.4 is 0 Å². The van der Waals surface area contributed by atoms with Gasteiger partial charge in [0.25, 0.3) is 0 Å². The lowest BCUT2D eigenvalue weighted by molar-refractivity contribution is -0.137. The van der Waals surface area contributed by atoms with E-state index in [-0.39, 0.29) is 6.42 Å². The molecule has 0 radical (unpaired) electrons. The Kier molecular flexibility index (Phi) is 3.52. The number of furan rings is 1. The van der Waals surface area contributed by atoms with Gasteiger partial charge < -0.3 is 14.3 Å². The molecule has 1 rings (SSSR count). The third-order valence-electron chi connectivity index (χ3n) is 1.59. The minimum absolute atomic E-state index is 0.0972. The van der Waals surface area contributed by atoms with Crippen molar-refractivity contribution in [1.29, 1.82) is 0 Å². The Hall–Kier alpha value is -1.29. The Labute approximate surface area is 76.1 Å². The number of aryl methyl sites for hydroxylation is 1. The van der Waals surface area contributed by atoms with Crippen LogP contribution in [0.5, 0.6) is 0 Å². The van der Waals surface area contributed by atoms with Crippen molar-refractivity contribution >= 4 is 5.97 Å². The van der Waals surface area contributed by atoms with Gasteiger partial charge in [0.1, 0.15) is 18.1 Å². The van der Waals surface area contributed by atoms with E-state index in [2.05, 4.69) is 0 Å². The highest BCUT2D eigenvalue weighted by atomic mass is 16.5. The Bertz CT molecular complexity index is 277. The molecular weight excluding hydrogens is 172 g/mol. The van der Waals surface area contributed by atoms with E-state index in [4.69, 9.17) is 14.3 Å². The Balaban J connectivity index is 2.44. The van der Waals surface area contributed by atoms with Crippen molar-refractivity contribution < 1.29 is 19.1 Å². The van der Waals surface area contributed by atoms with E-state index in [1.807, 2.05) is 0 Å². The Morgan fingerprint density at radius 1 is 1.54 bits per heavy atom. The largest absolute Gasteiger partial charge is 0.481 e. The predicted octanol–water partition coefficient (Wildman–Crippen LogP) is 1.44. The number of carbonyl (C=O) groups is 1. The van der Waals surface area contributed by atoms with Crippen LogP contribution in [0.4, 0.5) is 0 Å². The maximum absolute atomic E-state index is 10.2. The van der Waals surface area contributed by atoms with Crippen molar-refractivity contribution in [3.8, 4) is 0 Å². The molecule has 0 fully saturated rings. The fraction of sp³-hybridized carbons (Fsp3) is 0.444. The second-order valence-corrected chi connectivity index (χ2v) is 2.69. The van der Waals surface area contributed by atoms with Crippen LogP contribution in [0.3, 0.4) is 0 Å². The Morgan fingerprint density at radius 2 is 2.23 bits per heavy atom. The lowest BCUT2D eigenvalue weighted by Gasteiger charge is -1.94. The second kappa shape index (κ2) is 4.67. The number of rotatable bonds is 5. The van der Waals surface area contributed by atoms with Gasteiger partial charge in [0, 0.05) is 13.5 Å². The van der Waals surface area contributed by atoms with Crippen LogP contribution in [0.1, 0.15) is 17.9 Å². The number of ether oxygens (including phenoxy) is 1. The third-order valence-corrected chi connectivity index (χ3v) is 1.59. The minimum atomic E-state index is -0.815. The highest BCUT2D eigenvalue weighted by Crippen LogP contribution is 2.10. The van der Waals surface area contributed by atoms with Crippen LogP contribution in [0, 0.1) is 0 Å². The predicted molar refractivity (Wildman–Crippen MR) is 45.4 cm³/mol. The fourth-order valence-corrected chi connectivity index (χ4v) is 1.01. The monoisotopic (exact) mass is 184 g/mol. The molecule has 4 heteroatoms. The van der Waals surface area contributed by atoms with Gasteiger partial charge >= 0.3 is 5.97 Å². The van der Waals surface area contributed by atoms with Gasteiger partial charge in [-0.3, -0.25) is 4.79 Å². The van der Waals surface area contributed by atoms with Crippen molar-refractivity contribution in [2.75, 3.05) is 7.11 Å². The zero-order valence-corrected chi connectivity index (χ0v) is 7.45. The van der Waals surface area contributed by atoms with Gasteiger partial charge in [-0.1, -0.05) is 0 Å². The van der Waals surface area contributed by atoms with E-state index < -0.39 is 5.97 Å². The molecule has 13 heavy (non-hydrogen) atoms. The molecule has 1 aromatic heterocycles. The maximum atomic E-state index is 10.2. The van der Waals surface area contributed by atoms with Gasteiger partial charge in [-0.25, -0.2) is 0 Å². The molecule has 4 nitrogen and oxygen atoms in total. The van der Waals surface area contributed by atoms with E-state index in [0.29, 0.717) is 18.8 Å². The van der Waals surface area contributed by atoms with Gasteiger partial charge in [0.15, 0.2) is 0 Å². The van der Waals surface area contributed by atoms with Crippen LogP contribution in [-0.4, -0.2) is 18.2 Å². The normalized spacial score (nSPS) is 10.2. The summed E-state index contributed by atoms with van der Waals surface area (Å²) in [6.07, 6.45) is 0.527.